The van der Waals surface area contributed by atoms with Crippen LogP contribution in [0.2, 0.25) is 0 Å². The number of nitrogens with one attached hydrogen (secondary N) is 2. The van der Waals surface area contributed by atoms with E-state index in [1.54, 1.807) is 6.92 Å². The van der Waals surface area contributed by atoms with Crippen LogP contribution in [0.15, 0.2) is 33.8 Å². The van der Waals surface area contributed by atoms with Crippen LogP contribution < -0.4 is 4.72 Å². The second kappa shape index (κ2) is 4.69. The lowest BCUT2D eigenvalue weighted by Gasteiger charge is -2.09. The molecule has 1 heterocycles. The summed E-state index contributed by atoms with van der Waals surface area (Å²) in [7, 11) is -3.85. The van der Waals surface area contributed by atoms with E-state index in [0.717, 1.165) is 6.07 Å². The number of aromatic nitrogens is 2. The van der Waals surface area contributed by atoms with Crippen LogP contribution in [0, 0.1) is 12.7 Å². The summed E-state index contributed by atoms with van der Waals surface area (Å²) in [6.07, 6.45) is 1.41. The Morgan fingerprint density at radius 1 is 1.44 bits per heavy atom. The number of nitrogens with zero attached hydrogens (tertiary/aromatic N) is 1. The van der Waals surface area contributed by atoms with Gasteiger partial charge in [-0.15, -0.1) is 0 Å². The third-order valence-corrected chi connectivity index (χ3v) is 4.36. The van der Waals surface area contributed by atoms with Crippen molar-refractivity contribution >= 4 is 31.8 Å². The monoisotopic (exact) mass is 333 g/mol. The van der Waals surface area contributed by atoms with E-state index in [9.17, 15) is 12.8 Å². The number of aryl methyl sites for hydroxylation is 1. The van der Waals surface area contributed by atoms with E-state index >= 15 is 0 Å². The summed E-state index contributed by atoms with van der Waals surface area (Å²) in [6, 6.07) is 3.59. The largest absolute Gasteiger partial charge is 0.263 e. The average Bonchev–Trinajstić information content (AvgIpc) is 2.67. The van der Waals surface area contributed by atoms with Crippen molar-refractivity contribution in [3.8, 4) is 0 Å². The van der Waals surface area contributed by atoms with Crippen LogP contribution >= 0.6 is 15.9 Å². The number of sulfonamides is 1. The summed E-state index contributed by atoms with van der Waals surface area (Å²) in [6.45, 7) is 1.59. The number of H-pyrrole nitrogens is 1. The van der Waals surface area contributed by atoms with Gasteiger partial charge in [0.1, 0.15) is 11.6 Å². The van der Waals surface area contributed by atoms with E-state index in [-0.39, 0.29) is 10.7 Å². The van der Waals surface area contributed by atoms with Gasteiger partial charge in [0.15, 0.2) is 0 Å². The second-order valence-electron chi connectivity index (χ2n) is 3.61. The maximum absolute atomic E-state index is 13.1. The Kier molecular flexibility index (Phi) is 3.40. The van der Waals surface area contributed by atoms with Gasteiger partial charge in [0.05, 0.1) is 15.6 Å². The molecule has 0 atom stereocenters. The van der Waals surface area contributed by atoms with E-state index in [1.165, 1.54) is 18.3 Å². The number of hydrogen-bond acceptors (Lipinski definition) is 3. The molecule has 8 heteroatoms. The molecule has 0 aliphatic rings. The molecule has 0 fully saturated rings. The molecule has 5 nitrogen and oxygen atoms in total. The highest BCUT2D eigenvalue weighted by molar-refractivity contribution is 9.10. The van der Waals surface area contributed by atoms with E-state index in [2.05, 4.69) is 30.8 Å². The van der Waals surface area contributed by atoms with Gasteiger partial charge in [-0.3, -0.25) is 9.82 Å². The van der Waals surface area contributed by atoms with Crippen molar-refractivity contribution in [2.45, 2.75) is 11.8 Å². The first kappa shape index (κ1) is 13.0. The zero-order chi connectivity index (χ0) is 13.3. The number of benzene rings is 1. The number of rotatable bonds is 3. The van der Waals surface area contributed by atoms with Crippen LogP contribution in [0.1, 0.15) is 5.56 Å². The van der Waals surface area contributed by atoms with Gasteiger partial charge < -0.3 is 0 Å². The first-order chi connectivity index (χ1) is 8.40. The lowest BCUT2D eigenvalue weighted by Crippen LogP contribution is -2.15. The third kappa shape index (κ3) is 2.54. The Balaban J connectivity index is 2.43. The number of anilines is 1. The number of hydrogen-bond donors (Lipinski definition) is 2. The smallest absolute Gasteiger partial charge is 0.263 e. The van der Waals surface area contributed by atoms with Gasteiger partial charge in [-0.25, -0.2) is 12.8 Å². The van der Waals surface area contributed by atoms with Gasteiger partial charge in [-0.1, -0.05) is 6.07 Å². The van der Waals surface area contributed by atoms with Crippen molar-refractivity contribution in [3.05, 3.63) is 40.2 Å². The SMILES string of the molecule is Cc1ccc(F)cc1S(=O)(=O)Nc1[nH]ncc1Br. The van der Waals surface area contributed by atoms with E-state index < -0.39 is 15.8 Å². The summed E-state index contributed by atoms with van der Waals surface area (Å²) in [5.74, 6) is -0.414. The highest BCUT2D eigenvalue weighted by Crippen LogP contribution is 2.23. The van der Waals surface area contributed by atoms with Crippen molar-refractivity contribution in [3.63, 3.8) is 0 Å². The highest BCUT2D eigenvalue weighted by atomic mass is 79.9. The first-order valence-electron chi connectivity index (χ1n) is 4.88. The van der Waals surface area contributed by atoms with E-state index in [4.69, 9.17) is 0 Å². The third-order valence-electron chi connectivity index (χ3n) is 2.27. The fourth-order valence-corrected chi connectivity index (χ4v) is 3.11. The molecule has 0 aliphatic heterocycles. The van der Waals surface area contributed by atoms with Crippen LogP contribution in [0.25, 0.3) is 0 Å². The van der Waals surface area contributed by atoms with Crippen LogP contribution in [0.4, 0.5) is 10.2 Å². The molecular formula is C10H9BrFN3O2S. The van der Waals surface area contributed by atoms with Gasteiger partial charge in [-0.2, -0.15) is 5.10 Å². The minimum atomic E-state index is -3.85. The van der Waals surface area contributed by atoms with Gasteiger partial charge in [-0.05, 0) is 40.5 Å². The summed E-state index contributed by atoms with van der Waals surface area (Å²) in [5.41, 5.74) is 0.458. The summed E-state index contributed by atoms with van der Waals surface area (Å²) >= 11 is 3.13. The summed E-state index contributed by atoms with van der Waals surface area (Å²) < 4.78 is 40.0. The molecule has 2 N–H and O–H groups in total. The standard InChI is InChI=1S/C10H9BrFN3O2S/c1-6-2-3-7(12)4-9(6)18(16,17)15-10-8(11)5-13-14-10/h2-5H,1H3,(H2,13,14,15). The minimum absolute atomic E-state index is 0.107. The zero-order valence-electron chi connectivity index (χ0n) is 9.24. The topological polar surface area (TPSA) is 74.8 Å². The zero-order valence-corrected chi connectivity index (χ0v) is 11.6. The van der Waals surface area contributed by atoms with Crippen LogP contribution in [-0.4, -0.2) is 18.6 Å². The summed E-state index contributed by atoms with van der Waals surface area (Å²) in [4.78, 5) is -0.107. The van der Waals surface area contributed by atoms with Crippen LogP contribution in [0.3, 0.4) is 0 Å². The van der Waals surface area contributed by atoms with Crippen molar-refractivity contribution in [2.75, 3.05) is 4.72 Å². The van der Waals surface area contributed by atoms with Gasteiger partial charge in [0, 0.05) is 0 Å². The molecule has 0 amide bonds. The maximum Gasteiger partial charge on any atom is 0.263 e. The highest BCUT2D eigenvalue weighted by Gasteiger charge is 2.19. The molecule has 0 aliphatic carbocycles. The Bertz CT molecular complexity index is 684. The van der Waals surface area contributed by atoms with Crippen molar-refractivity contribution in [1.29, 1.82) is 0 Å². The fraction of sp³-hybridized carbons (Fsp3) is 0.100. The Hall–Kier alpha value is -1.41. The molecule has 0 unspecified atom stereocenters. The maximum atomic E-state index is 13.1. The van der Waals surface area contributed by atoms with Crippen LogP contribution in [0.5, 0.6) is 0 Å². The Morgan fingerprint density at radius 2 is 2.17 bits per heavy atom. The lowest BCUT2D eigenvalue weighted by molar-refractivity contribution is 0.594. The van der Waals surface area contributed by atoms with Crippen molar-refractivity contribution < 1.29 is 12.8 Å². The van der Waals surface area contributed by atoms with Crippen molar-refractivity contribution in [2.24, 2.45) is 0 Å². The molecule has 0 saturated carbocycles. The molecular weight excluding hydrogens is 325 g/mol. The van der Waals surface area contributed by atoms with E-state index in [0.29, 0.717) is 10.0 Å². The quantitative estimate of drug-likeness (QED) is 0.905. The molecule has 1 aromatic heterocycles. The van der Waals surface area contributed by atoms with Crippen LogP contribution in [-0.2, 0) is 10.0 Å². The van der Waals surface area contributed by atoms with Gasteiger partial charge in [0.2, 0.25) is 0 Å². The lowest BCUT2D eigenvalue weighted by atomic mass is 10.2. The molecule has 0 radical (unpaired) electrons. The first-order valence-corrected chi connectivity index (χ1v) is 7.15. The summed E-state index contributed by atoms with van der Waals surface area (Å²) in [5, 5.41) is 6.15. The number of halogens is 2. The number of aromatic amines is 1. The molecule has 1 aromatic carbocycles. The molecule has 0 spiro atoms. The molecule has 96 valence electrons. The predicted molar refractivity (Wildman–Crippen MR) is 68.2 cm³/mol. The second-order valence-corrected chi connectivity index (χ2v) is 6.11. The van der Waals surface area contributed by atoms with E-state index in [1.807, 2.05) is 0 Å². The Morgan fingerprint density at radius 3 is 2.78 bits per heavy atom. The normalized spacial score (nSPS) is 11.5. The molecule has 2 rings (SSSR count). The predicted octanol–water partition coefficient (Wildman–Crippen LogP) is 2.42. The average molecular weight is 334 g/mol. The minimum Gasteiger partial charge on any atom is -0.263 e. The molecule has 2 aromatic rings. The molecule has 0 bridgehead atoms. The fourth-order valence-electron chi connectivity index (χ4n) is 1.40. The van der Waals surface area contributed by atoms with Gasteiger partial charge in [0.25, 0.3) is 10.0 Å². The van der Waals surface area contributed by atoms with Gasteiger partial charge >= 0.3 is 0 Å². The Labute approximate surface area is 112 Å². The molecule has 18 heavy (non-hydrogen) atoms. The van der Waals surface area contributed by atoms with Crippen molar-refractivity contribution in [1.82, 2.24) is 10.2 Å². The molecule has 0 saturated heterocycles.